The highest BCUT2D eigenvalue weighted by Gasteiger charge is 2.38. The molecule has 0 aromatic heterocycles. The molecule has 25 heavy (non-hydrogen) atoms. The second kappa shape index (κ2) is 11.4. The molecule has 0 unspecified atom stereocenters. The number of hydrogen-bond donors (Lipinski definition) is 4. The standard InChI is InChI=1S/C15H26N2O8/c1-5-24-14(21)10(15(22)25-6-2)16-12(19)9(7-8(3)4)11(18)13(20)17-23/h8-11,18,23H,5-7H2,1-4H3,(H,16,19)(H,17,20)/t9-,11+/m1/s1. The predicted octanol–water partition coefficient (Wildman–Crippen LogP) is -0.874. The molecule has 0 fully saturated rings. The first-order valence-electron chi connectivity index (χ1n) is 7.95. The van der Waals surface area contributed by atoms with E-state index in [-0.39, 0.29) is 25.6 Å². The van der Waals surface area contributed by atoms with Crippen molar-refractivity contribution in [3.63, 3.8) is 0 Å². The number of carbonyl (C=O) groups excluding carboxylic acids is 4. The molecule has 0 rings (SSSR count). The van der Waals surface area contributed by atoms with Crippen LogP contribution >= 0.6 is 0 Å². The minimum Gasteiger partial charge on any atom is -0.464 e. The van der Waals surface area contributed by atoms with Crippen molar-refractivity contribution in [3.05, 3.63) is 0 Å². The maximum absolute atomic E-state index is 12.4. The lowest BCUT2D eigenvalue weighted by molar-refractivity contribution is -0.160. The molecule has 0 bridgehead atoms. The number of carbonyl (C=O) groups is 4. The number of esters is 2. The Morgan fingerprint density at radius 1 is 0.960 bits per heavy atom. The predicted molar refractivity (Wildman–Crippen MR) is 84.1 cm³/mol. The van der Waals surface area contributed by atoms with E-state index in [2.05, 4.69) is 5.32 Å². The summed E-state index contributed by atoms with van der Waals surface area (Å²) in [6.07, 6.45) is -1.80. The van der Waals surface area contributed by atoms with Crippen molar-refractivity contribution in [1.82, 2.24) is 10.8 Å². The van der Waals surface area contributed by atoms with Gasteiger partial charge in [-0.3, -0.25) is 14.8 Å². The van der Waals surface area contributed by atoms with Gasteiger partial charge in [0.2, 0.25) is 11.9 Å². The van der Waals surface area contributed by atoms with E-state index in [0.29, 0.717) is 0 Å². The van der Waals surface area contributed by atoms with Gasteiger partial charge in [0.05, 0.1) is 19.1 Å². The van der Waals surface area contributed by atoms with E-state index in [0.717, 1.165) is 0 Å². The monoisotopic (exact) mass is 362 g/mol. The van der Waals surface area contributed by atoms with Gasteiger partial charge in [-0.15, -0.1) is 0 Å². The van der Waals surface area contributed by atoms with Crippen molar-refractivity contribution in [2.24, 2.45) is 11.8 Å². The summed E-state index contributed by atoms with van der Waals surface area (Å²) in [6.45, 7) is 6.51. The molecule has 2 amide bonds. The normalized spacial score (nSPS) is 13.1. The number of aliphatic hydroxyl groups excluding tert-OH is 1. The van der Waals surface area contributed by atoms with Crippen molar-refractivity contribution >= 4 is 23.8 Å². The Morgan fingerprint density at radius 2 is 1.44 bits per heavy atom. The highest BCUT2D eigenvalue weighted by atomic mass is 16.6. The zero-order chi connectivity index (χ0) is 19.6. The third-order valence-corrected chi connectivity index (χ3v) is 3.15. The van der Waals surface area contributed by atoms with Gasteiger partial charge in [0.1, 0.15) is 6.10 Å². The minimum absolute atomic E-state index is 0.0183. The lowest BCUT2D eigenvalue weighted by atomic mass is 9.90. The fraction of sp³-hybridized carbons (Fsp3) is 0.733. The average molecular weight is 362 g/mol. The van der Waals surface area contributed by atoms with Gasteiger partial charge in [-0.1, -0.05) is 13.8 Å². The van der Waals surface area contributed by atoms with Crippen LogP contribution in [0.15, 0.2) is 0 Å². The van der Waals surface area contributed by atoms with Crippen molar-refractivity contribution in [2.45, 2.75) is 46.3 Å². The van der Waals surface area contributed by atoms with Gasteiger partial charge in [-0.25, -0.2) is 15.1 Å². The van der Waals surface area contributed by atoms with Crippen LogP contribution < -0.4 is 10.8 Å². The summed E-state index contributed by atoms with van der Waals surface area (Å²) in [5, 5.41) is 20.7. The molecule has 10 nitrogen and oxygen atoms in total. The summed E-state index contributed by atoms with van der Waals surface area (Å²) >= 11 is 0. The quantitative estimate of drug-likeness (QED) is 0.169. The molecule has 4 N–H and O–H groups in total. The summed E-state index contributed by atoms with van der Waals surface area (Å²) in [7, 11) is 0. The van der Waals surface area contributed by atoms with Crippen molar-refractivity contribution < 1.29 is 39.0 Å². The van der Waals surface area contributed by atoms with E-state index in [1.165, 1.54) is 19.3 Å². The van der Waals surface area contributed by atoms with Crippen LogP contribution in [0.2, 0.25) is 0 Å². The number of nitrogens with one attached hydrogen (secondary N) is 2. The minimum atomic E-state index is -1.86. The Bertz CT molecular complexity index is 462. The first-order valence-corrected chi connectivity index (χ1v) is 7.95. The van der Waals surface area contributed by atoms with E-state index >= 15 is 0 Å². The number of ether oxygens (including phenoxy) is 2. The molecule has 0 heterocycles. The summed E-state index contributed by atoms with van der Waals surface area (Å²) in [5.41, 5.74) is 1.26. The van der Waals surface area contributed by atoms with Crippen LogP contribution in [-0.4, -0.2) is 59.4 Å². The number of hydrogen-bond acceptors (Lipinski definition) is 8. The Hall–Kier alpha value is -2.20. The zero-order valence-electron chi connectivity index (χ0n) is 14.8. The van der Waals surface area contributed by atoms with Crippen LogP contribution in [0.1, 0.15) is 34.1 Å². The van der Waals surface area contributed by atoms with Crippen molar-refractivity contribution in [1.29, 1.82) is 0 Å². The van der Waals surface area contributed by atoms with Crippen LogP contribution in [0.5, 0.6) is 0 Å². The van der Waals surface area contributed by atoms with E-state index in [4.69, 9.17) is 14.7 Å². The summed E-state index contributed by atoms with van der Waals surface area (Å²) in [4.78, 5) is 47.6. The van der Waals surface area contributed by atoms with Crippen LogP contribution in [-0.2, 0) is 28.7 Å². The molecular weight excluding hydrogens is 336 g/mol. The number of rotatable bonds is 10. The molecule has 0 aliphatic rings. The van der Waals surface area contributed by atoms with E-state index in [1.54, 1.807) is 13.8 Å². The third-order valence-electron chi connectivity index (χ3n) is 3.15. The van der Waals surface area contributed by atoms with Crippen LogP contribution in [0, 0.1) is 11.8 Å². The first-order chi connectivity index (χ1) is 11.7. The molecule has 0 saturated carbocycles. The van der Waals surface area contributed by atoms with Gasteiger partial charge in [-0.05, 0) is 26.2 Å². The number of hydroxylamine groups is 1. The van der Waals surface area contributed by atoms with Crippen molar-refractivity contribution in [3.8, 4) is 0 Å². The molecule has 2 atom stereocenters. The molecular formula is C15H26N2O8. The Morgan fingerprint density at radius 3 is 1.80 bits per heavy atom. The highest BCUT2D eigenvalue weighted by molar-refractivity contribution is 6.03. The fourth-order valence-electron chi connectivity index (χ4n) is 2.05. The third kappa shape index (κ3) is 7.48. The summed E-state index contributed by atoms with van der Waals surface area (Å²) in [5.74, 6) is -5.52. The second-order valence-electron chi connectivity index (χ2n) is 5.60. The van der Waals surface area contributed by atoms with Crippen molar-refractivity contribution in [2.75, 3.05) is 13.2 Å². The molecule has 0 aromatic carbocycles. The number of amides is 2. The maximum Gasteiger partial charge on any atom is 0.340 e. The summed E-state index contributed by atoms with van der Waals surface area (Å²) in [6, 6.07) is -1.72. The summed E-state index contributed by atoms with van der Waals surface area (Å²) < 4.78 is 9.45. The average Bonchev–Trinajstić information content (AvgIpc) is 2.55. The van der Waals surface area contributed by atoms with Gasteiger partial charge >= 0.3 is 11.9 Å². The maximum atomic E-state index is 12.4. The lowest BCUT2D eigenvalue weighted by Gasteiger charge is -2.24. The fourth-order valence-corrected chi connectivity index (χ4v) is 2.05. The van der Waals surface area contributed by atoms with Gasteiger partial charge < -0.3 is 19.9 Å². The Kier molecular flexibility index (Phi) is 10.4. The molecule has 0 spiro atoms. The van der Waals surface area contributed by atoms with E-state index in [9.17, 15) is 24.3 Å². The first kappa shape index (κ1) is 22.8. The smallest absolute Gasteiger partial charge is 0.340 e. The second-order valence-corrected chi connectivity index (χ2v) is 5.60. The zero-order valence-corrected chi connectivity index (χ0v) is 14.8. The molecule has 0 saturated heterocycles. The highest BCUT2D eigenvalue weighted by Crippen LogP contribution is 2.17. The van der Waals surface area contributed by atoms with Gasteiger partial charge in [0.25, 0.3) is 5.91 Å². The van der Waals surface area contributed by atoms with Crippen LogP contribution in [0.25, 0.3) is 0 Å². The molecule has 0 aromatic rings. The molecule has 10 heteroatoms. The SMILES string of the molecule is CCOC(=O)C(NC(=O)[C@H](CC(C)C)[C@H](O)C(=O)NO)C(=O)OCC. The number of aliphatic hydroxyl groups is 1. The van der Waals surface area contributed by atoms with E-state index in [1.807, 2.05) is 0 Å². The van der Waals surface area contributed by atoms with Crippen LogP contribution in [0.3, 0.4) is 0 Å². The lowest BCUT2D eigenvalue weighted by Crippen LogP contribution is -2.53. The van der Waals surface area contributed by atoms with E-state index < -0.39 is 41.8 Å². The van der Waals surface area contributed by atoms with Gasteiger partial charge in [0, 0.05) is 0 Å². The molecule has 0 aliphatic carbocycles. The molecule has 0 aliphatic heterocycles. The largest absolute Gasteiger partial charge is 0.464 e. The van der Waals surface area contributed by atoms with Gasteiger partial charge in [0.15, 0.2) is 0 Å². The van der Waals surface area contributed by atoms with Crippen LogP contribution in [0.4, 0.5) is 0 Å². The van der Waals surface area contributed by atoms with Gasteiger partial charge in [-0.2, -0.15) is 0 Å². The molecule has 144 valence electrons. The topological polar surface area (TPSA) is 151 Å². The Balaban J connectivity index is 5.38. The Labute approximate surface area is 145 Å². The molecule has 0 radical (unpaired) electrons.